The van der Waals surface area contributed by atoms with Gasteiger partial charge in [0.2, 0.25) is 0 Å². The van der Waals surface area contributed by atoms with Gasteiger partial charge in [0.15, 0.2) is 0 Å². The summed E-state index contributed by atoms with van der Waals surface area (Å²) in [5, 5.41) is 0. The monoisotopic (exact) mass is 339 g/mol. The number of hydrogen-bond donors (Lipinski definition) is 1. The third-order valence-electron chi connectivity index (χ3n) is 4.58. The fraction of sp³-hybridized carbons (Fsp3) is 0.250. The van der Waals surface area contributed by atoms with Crippen molar-refractivity contribution >= 4 is 5.91 Å². The van der Waals surface area contributed by atoms with Crippen LogP contribution in [-0.4, -0.2) is 29.3 Å². The molecule has 1 amide bonds. The molecule has 5 heteroatoms. The predicted molar refractivity (Wildman–Crippen MR) is 95.8 cm³/mol. The maximum absolute atomic E-state index is 13.1. The Hall–Kier alpha value is -2.82. The van der Waals surface area contributed by atoms with E-state index in [2.05, 4.69) is 0 Å². The summed E-state index contributed by atoms with van der Waals surface area (Å²) in [5.41, 5.74) is 9.61. The number of halogens is 1. The van der Waals surface area contributed by atoms with Crippen LogP contribution >= 0.6 is 0 Å². The Labute approximate surface area is 147 Å². The Morgan fingerprint density at radius 3 is 2.60 bits per heavy atom. The molecule has 1 saturated heterocycles. The van der Waals surface area contributed by atoms with Crippen molar-refractivity contribution in [2.24, 2.45) is 5.73 Å². The van der Waals surface area contributed by atoms with Crippen molar-refractivity contribution in [3.8, 4) is 0 Å². The van der Waals surface area contributed by atoms with Gasteiger partial charge in [0, 0.05) is 25.5 Å². The van der Waals surface area contributed by atoms with Crippen molar-refractivity contribution in [3.05, 3.63) is 82.9 Å². The number of amides is 1. The van der Waals surface area contributed by atoms with Gasteiger partial charge in [-0.15, -0.1) is 0 Å². The lowest BCUT2D eigenvalue weighted by Gasteiger charge is -2.41. The molecule has 4 nitrogen and oxygen atoms in total. The summed E-state index contributed by atoms with van der Waals surface area (Å²) in [6, 6.07) is 13.8. The highest BCUT2D eigenvalue weighted by atomic mass is 19.1. The number of hydrogen-bond acceptors (Lipinski definition) is 3. The van der Waals surface area contributed by atoms with Crippen LogP contribution in [0.4, 0.5) is 4.39 Å². The molecule has 0 saturated carbocycles. The van der Waals surface area contributed by atoms with Gasteiger partial charge in [-0.25, -0.2) is 4.39 Å². The van der Waals surface area contributed by atoms with Crippen LogP contribution in [0.3, 0.4) is 0 Å². The standard InChI is InChI=1S/C20H22FN3O/c1-14-4-3-5-16(10-14)19-20(25)24(13-18(11-22)23(19)2)12-15-6-8-17(21)9-7-15/h3-11,19H,12-13,22H2,1-2H3/b18-11-. The highest BCUT2D eigenvalue weighted by molar-refractivity contribution is 5.85. The van der Waals surface area contributed by atoms with Gasteiger partial charge in [-0.1, -0.05) is 42.0 Å². The molecule has 0 spiro atoms. The number of carbonyl (C=O) groups is 1. The molecule has 1 unspecified atom stereocenters. The Bertz CT molecular complexity index is 801. The zero-order chi connectivity index (χ0) is 18.0. The first-order valence-corrected chi connectivity index (χ1v) is 8.23. The molecule has 0 aliphatic carbocycles. The van der Waals surface area contributed by atoms with Crippen LogP contribution in [-0.2, 0) is 11.3 Å². The molecular weight excluding hydrogens is 317 g/mol. The zero-order valence-electron chi connectivity index (χ0n) is 14.4. The molecular formula is C20H22FN3O. The Morgan fingerprint density at radius 2 is 1.96 bits per heavy atom. The summed E-state index contributed by atoms with van der Waals surface area (Å²) in [4.78, 5) is 16.8. The van der Waals surface area contributed by atoms with Gasteiger partial charge in [-0.05, 0) is 30.2 Å². The van der Waals surface area contributed by atoms with E-state index in [4.69, 9.17) is 5.73 Å². The average molecular weight is 339 g/mol. The van der Waals surface area contributed by atoms with E-state index in [1.165, 1.54) is 12.1 Å². The predicted octanol–water partition coefficient (Wildman–Crippen LogP) is 2.95. The van der Waals surface area contributed by atoms with E-state index in [1.54, 1.807) is 23.2 Å². The largest absolute Gasteiger partial charge is 0.403 e. The average Bonchev–Trinajstić information content (AvgIpc) is 2.59. The van der Waals surface area contributed by atoms with Crippen LogP contribution in [0.2, 0.25) is 0 Å². The number of nitrogens with zero attached hydrogens (tertiary/aromatic N) is 2. The molecule has 2 N–H and O–H groups in total. The van der Waals surface area contributed by atoms with Crippen molar-refractivity contribution in [2.45, 2.75) is 19.5 Å². The lowest BCUT2D eigenvalue weighted by atomic mass is 9.98. The van der Waals surface area contributed by atoms with Crippen molar-refractivity contribution in [1.29, 1.82) is 0 Å². The summed E-state index contributed by atoms with van der Waals surface area (Å²) in [5.74, 6) is -0.267. The maximum atomic E-state index is 13.1. The van der Waals surface area contributed by atoms with Crippen molar-refractivity contribution in [2.75, 3.05) is 13.6 Å². The molecule has 25 heavy (non-hydrogen) atoms. The quantitative estimate of drug-likeness (QED) is 0.935. The number of likely N-dealkylation sites (N-methyl/N-ethyl adjacent to an activating group) is 1. The van der Waals surface area contributed by atoms with E-state index in [0.717, 1.165) is 22.4 Å². The molecule has 1 fully saturated rings. The molecule has 1 aliphatic rings. The Kier molecular flexibility index (Phi) is 4.74. The minimum Gasteiger partial charge on any atom is -0.403 e. The van der Waals surface area contributed by atoms with Crippen LogP contribution in [0.1, 0.15) is 22.7 Å². The molecule has 0 radical (unpaired) electrons. The van der Waals surface area contributed by atoms with Gasteiger partial charge in [0.1, 0.15) is 11.9 Å². The molecule has 1 atom stereocenters. The topological polar surface area (TPSA) is 49.6 Å². The number of nitrogens with two attached hydrogens (primary N) is 1. The zero-order valence-corrected chi connectivity index (χ0v) is 14.4. The molecule has 2 aromatic carbocycles. The first kappa shape index (κ1) is 17.0. The van der Waals surface area contributed by atoms with Gasteiger partial charge >= 0.3 is 0 Å². The van der Waals surface area contributed by atoms with Gasteiger partial charge < -0.3 is 15.5 Å². The van der Waals surface area contributed by atoms with Gasteiger partial charge in [-0.2, -0.15) is 0 Å². The second kappa shape index (κ2) is 6.97. The lowest BCUT2D eigenvalue weighted by Crippen LogP contribution is -2.49. The summed E-state index contributed by atoms with van der Waals surface area (Å²) >= 11 is 0. The second-order valence-electron chi connectivity index (χ2n) is 6.41. The Balaban J connectivity index is 1.92. The summed E-state index contributed by atoms with van der Waals surface area (Å²) < 4.78 is 13.1. The number of rotatable bonds is 3. The normalized spacial score (nSPS) is 19.6. The van der Waals surface area contributed by atoms with Gasteiger partial charge in [0.25, 0.3) is 5.91 Å². The van der Waals surface area contributed by atoms with Gasteiger partial charge in [0.05, 0.1) is 6.54 Å². The minimum absolute atomic E-state index is 0.0167. The van der Waals surface area contributed by atoms with Gasteiger partial charge in [-0.3, -0.25) is 4.79 Å². The van der Waals surface area contributed by atoms with E-state index < -0.39 is 6.04 Å². The van der Waals surface area contributed by atoms with Crippen LogP contribution in [0, 0.1) is 12.7 Å². The molecule has 1 aliphatic heterocycles. The van der Waals surface area contributed by atoms with Crippen molar-refractivity contribution < 1.29 is 9.18 Å². The van der Waals surface area contributed by atoms with E-state index in [-0.39, 0.29) is 11.7 Å². The molecule has 0 aromatic heterocycles. The lowest BCUT2D eigenvalue weighted by molar-refractivity contribution is -0.139. The SMILES string of the molecule is Cc1cccc(C2C(=O)N(Cc3ccc(F)cc3)C/C(=C/N)N2C)c1. The van der Waals surface area contributed by atoms with Crippen LogP contribution in [0.5, 0.6) is 0 Å². The number of carbonyl (C=O) groups excluding carboxylic acids is 1. The minimum atomic E-state index is -0.413. The molecule has 3 rings (SSSR count). The fourth-order valence-corrected chi connectivity index (χ4v) is 3.21. The molecule has 130 valence electrons. The van der Waals surface area contributed by atoms with Crippen molar-refractivity contribution in [3.63, 3.8) is 0 Å². The second-order valence-corrected chi connectivity index (χ2v) is 6.41. The first-order chi connectivity index (χ1) is 12.0. The first-order valence-electron chi connectivity index (χ1n) is 8.23. The molecule has 1 heterocycles. The summed E-state index contributed by atoms with van der Waals surface area (Å²) in [6.45, 7) is 2.87. The molecule has 0 bridgehead atoms. The van der Waals surface area contributed by atoms with E-state index in [1.807, 2.05) is 43.1 Å². The third kappa shape index (κ3) is 3.50. The van der Waals surface area contributed by atoms with E-state index >= 15 is 0 Å². The third-order valence-corrected chi connectivity index (χ3v) is 4.58. The number of benzene rings is 2. The number of piperazine rings is 1. The van der Waals surface area contributed by atoms with E-state index in [0.29, 0.717) is 13.1 Å². The van der Waals surface area contributed by atoms with E-state index in [9.17, 15) is 9.18 Å². The van der Waals surface area contributed by atoms with Crippen molar-refractivity contribution in [1.82, 2.24) is 9.80 Å². The fourth-order valence-electron chi connectivity index (χ4n) is 3.21. The smallest absolute Gasteiger partial charge is 0.250 e. The van der Waals surface area contributed by atoms with Crippen LogP contribution in [0.15, 0.2) is 60.4 Å². The number of aryl methyl sites for hydroxylation is 1. The summed E-state index contributed by atoms with van der Waals surface area (Å²) in [6.07, 6.45) is 1.55. The van der Waals surface area contributed by atoms with Crippen LogP contribution < -0.4 is 5.73 Å². The highest BCUT2D eigenvalue weighted by Crippen LogP contribution is 2.31. The molecule has 2 aromatic rings. The highest BCUT2D eigenvalue weighted by Gasteiger charge is 2.36. The van der Waals surface area contributed by atoms with Crippen LogP contribution in [0.25, 0.3) is 0 Å². The maximum Gasteiger partial charge on any atom is 0.250 e. The Morgan fingerprint density at radius 1 is 1.24 bits per heavy atom. The summed E-state index contributed by atoms with van der Waals surface area (Å²) in [7, 11) is 1.89.